The molecule has 0 aromatic rings. The van der Waals surface area contributed by atoms with Gasteiger partial charge in [0.1, 0.15) is 0 Å². The van der Waals surface area contributed by atoms with E-state index in [9.17, 15) is 0 Å². The lowest BCUT2D eigenvalue weighted by molar-refractivity contribution is 0.290. The minimum Gasteiger partial charge on any atom is -0.362 e. The van der Waals surface area contributed by atoms with Crippen molar-refractivity contribution in [1.29, 1.82) is 0 Å². The maximum atomic E-state index is 2.40. The van der Waals surface area contributed by atoms with Gasteiger partial charge >= 0.3 is 0 Å². The van der Waals surface area contributed by atoms with E-state index in [4.69, 9.17) is 0 Å². The Labute approximate surface area is 124 Å². The Bertz CT molecular complexity index is 207. The SMILES string of the molecule is Br.CCCCCCCCCCCN1C=CN(C)C1. The third-order valence-electron chi connectivity index (χ3n) is 3.49. The Balaban J connectivity index is 0.00000289. The molecule has 0 saturated heterocycles. The van der Waals surface area contributed by atoms with Crippen molar-refractivity contribution in [2.24, 2.45) is 0 Å². The first kappa shape index (κ1) is 17.8. The molecule has 0 N–H and O–H groups in total. The van der Waals surface area contributed by atoms with Crippen LogP contribution in [0.4, 0.5) is 0 Å². The molecule has 0 spiro atoms. The fourth-order valence-corrected chi connectivity index (χ4v) is 2.36. The van der Waals surface area contributed by atoms with Crippen LogP contribution in [0.3, 0.4) is 0 Å². The molecule has 3 heteroatoms. The van der Waals surface area contributed by atoms with Crippen molar-refractivity contribution < 1.29 is 0 Å². The van der Waals surface area contributed by atoms with Gasteiger partial charge in [-0.05, 0) is 6.42 Å². The first-order valence-electron chi connectivity index (χ1n) is 7.45. The Morgan fingerprint density at radius 2 is 1.39 bits per heavy atom. The van der Waals surface area contributed by atoms with Crippen molar-refractivity contribution in [2.45, 2.75) is 64.7 Å². The molecule has 1 heterocycles. The van der Waals surface area contributed by atoms with Gasteiger partial charge in [0, 0.05) is 26.0 Å². The summed E-state index contributed by atoms with van der Waals surface area (Å²) in [5.41, 5.74) is 0. The summed E-state index contributed by atoms with van der Waals surface area (Å²) >= 11 is 0. The van der Waals surface area contributed by atoms with E-state index in [2.05, 4.69) is 36.2 Å². The molecule has 0 aromatic heterocycles. The lowest BCUT2D eigenvalue weighted by Gasteiger charge is -2.17. The fraction of sp³-hybridized carbons (Fsp3) is 0.867. The summed E-state index contributed by atoms with van der Waals surface area (Å²) in [6, 6.07) is 0. The van der Waals surface area contributed by atoms with Gasteiger partial charge in [0.05, 0.1) is 6.67 Å². The predicted octanol–water partition coefficient (Wildman–Crippen LogP) is 4.77. The van der Waals surface area contributed by atoms with Gasteiger partial charge in [0.2, 0.25) is 0 Å². The zero-order chi connectivity index (χ0) is 12.3. The molecule has 2 nitrogen and oxygen atoms in total. The summed E-state index contributed by atoms with van der Waals surface area (Å²) in [6.07, 6.45) is 17.1. The third-order valence-corrected chi connectivity index (χ3v) is 3.49. The van der Waals surface area contributed by atoms with Crippen LogP contribution in [0.15, 0.2) is 12.4 Å². The molecule has 108 valence electrons. The van der Waals surface area contributed by atoms with Gasteiger partial charge in [0.25, 0.3) is 0 Å². The molecule has 18 heavy (non-hydrogen) atoms. The first-order valence-corrected chi connectivity index (χ1v) is 7.45. The van der Waals surface area contributed by atoms with Crippen molar-refractivity contribution >= 4 is 17.0 Å². The lowest BCUT2D eigenvalue weighted by Crippen LogP contribution is -2.23. The topological polar surface area (TPSA) is 6.48 Å². The monoisotopic (exact) mass is 318 g/mol. The zero-order valence-electron chi connectivity index (χ0n) is 12.2. The van der Waals surface area contributed by atoms with Crippen LogP contribution in [-0.2, 0) is 0 Å². The second-order valence-electron chi connectivity index (χ2n) is 5.34. The Morgan fingerprint density at radius 3 is 1.89 bits per heavy atom. The van der Waals surface area contributed by atoms with E-state index in [1.807, 2.05) is 0 Å². The molecule has 0 unspecified atom stereocenters. The van der Waals surface area contributed by atoms with E-state index in [0.29, 0.717) is 0 Å². The molecule has 0 aromatic carbocycles. The van der Waals surface area contributed by atoms with Crippen LogP contribution in [0.25, 0.3) is 0 Å². The summed E-state index contributed by atoms with van der Waals surface area (Å²) in [7, 11) is 2.13. The minimum absolute atomic E-state index is 0. The van der Waals surface area contributed by atoms with E-state index in [-0.39, 0.29) is 17.0 Å². The highest BCUT2D eigenvalue weighted by atomic mass is 79.9. The van der Waals surface area contributed by atoms with Crippen LogP contribution in [0.2, 0.25) is 0 Å². The van der Waals surface area contributed by atoms with Crippen LogP contribution < -0.4 is 0 Å². The number of halogens is 1. The van der Waals surface area contributed by atoms with Gasteiger partial charge in [-0.3, -0.25) is 0 Å². The fourth-order valence-electron chi connectivity index (χ4n) is 2.36. The average molecular weight is 319 g/mol. The molecule has 1 aliphatic rings. The molecule has 1 aliphatic heterocycles. The number of nitrogens with zero attached hydrogens (tertiary/aromatic N) is 2. The van der Waals surface area contributed by atoms with Gasteiger partial charge in [0.15, 0.2) is 0 Å². The average Bonchev–Trinajstić information content (AvgIpc) is 2.73. The van der Waals surface area contributed by atoms with E-state index in [0.717, 1.165) is 6.67 Å². The van der Waals surface area contributed by atoms with Crippen LogP contribution in [0.1, 0.15) is 64.7 Å². The van der Waals surface area contributed by atoms with Gasteiger partial charge in [-0.15, -0.1) is 17.0 Å². The molecule has 1 rings (SSSR count). The molecule has 0 amide bonds. The van der Waals surface area contributed by atoms with Gasteiger partial charge in [-0.25, -0.2) is 0 Å². The standard InChI is InChI=1S/C15H30N2.BrH/c1-3-4-5-6-7-8-9-10-11-12-17-14-13-16(2)15-17;/h13-14H,3-12,15H2,1-2H3;1H. The number of hydrogen-bond acceptors (Lipinski definition) is 2. The summed E-state index contributed by atoms with van der Waals surface area (Å²) in [6.45, 7) is 4.60. The maximum Gasteiger partial charge on any atom is 0.0890 e. The highest BCUT2D eigenvalue weighted by molar-refractivity contribution is 8.93. The Hall–Kier alpha value is -0.180. The quantitative estimate of drug-likeness (QED) is 0.535. The van der Waals surface area contributed by atoms with E-state index >= 15 is 0 Å². The molecule has 0 aliphatic carbocycles. The minimum atomic E-state index is 0. The normalized spacial score (nSPS) is 14.1. The van der Waals surface area contributed by atoms with Crippen molar-refractivity contribution in [3.63, 3.8) is 0 Å². The van der Waals surface area contributed by atoms with Crippen LogP contribution >= 0.6 is 17.0 Å². The largest absolute Gasteiger partial charge is 0.362 e. The second kappa shape index (κ2) is 11.9. The van der Waals surface area contributed by atoms with Crippen LogP contribution in [-0.4, -0.2) is 30.1 Å². The molecule has 0 bridgehead atoms. The molecule has 0 atom stereocenters. The summed E-state index contributed by atoms with van der Waals surface area (Å²) in [5, 5.41) is 0. The highest BCUT2D eigenvalue weighted by Gasteiger charge is 2.06. The Morgan fingerprint density at radius 1 is 0.833 bits per heavy atom. The van der Waals surface area contributed by atoms with Crippen LogP contribution in [0, 0.1) is 0 Å². The van der Waals surface area contributed by atoms with Gasteiger partial charge < -0.3 is 9.80 Å². The van der Waals surface area contributed by atoms with Gasteiger partial charge in [-0.1, -0.05) is 58.3 Å². The molecule has 0 fully saturated rings. The number of unbranched alkanes of at least 4 members (excludes halogenated alkanes) is 8. The van der Waals surface area contributed by atoms with Crippen molar-refractivity contribution in [1.82, 2.24) is 9.80 Å². The van der Waals surface area contributed by atoms with Gasteiger partial charge in [-0.2, -0.15) is 0 Å². The summed E-state index contributed by atoms with van der Waals surface area (Å²) < 4.78 is 0. The third kappa shape index (κ3) is 8.84. The molecule has 0 saturated carbocycles. The van der Waals surface area contributed by atoms with E-state index < -0.39 is 0 Å². The van der Waals surface area contributed by atoms with E-state index in [1.165, 1.54) is 64.3 Å². The zero-order valence-corrected chi connectivity index (χ0v) is 13.9. The van der Waals surface area contributed by atoms with Crippen molar-refractivity contribution in [3.8, 4) is 0 Å². The van der Waals surface area contributed by atoms with E-state index in [1.54, 1.807) is 0 Å². The first-order chi connectivity index (χ1) is 8.33. The molecular formula is C15H31BrN2. The number of rotatable bonds is 10. The number of hydrogen-bond donors (Lipinski definition) is 0. The van der Waals surface area contributed by atoms with Crippen LogP contribution in [0.5, 0.6) is 0 Å². The Kier molecular flexibility index (Phi) is 11.8. The highest BCUT2D eigenvalue weighted by Crippen LogP contribution is 2.11. The molecule has 0 radical (unpaired) electrons. The predicted molar refractivity (Wildman–Crippen MR) is 86.0 cm³/mol. The smallest absolute Gasteiger partial charge is 0.0890 e. The maximum absolute atomic E-state index is 2.40. The second-order valence-corrected chi connectivity index (χ2v) is 5.34. The van der Waals surface area contributed by atoms with Crippen molar-refractivity contribution in [3.05, 3.63) is 12.4 Å². The summed E-state index contributed by atoms with van der Waals surface area (Å²) in [4.78, 5) is 4.63. The van der Waals surface area contributed by atoms with Crippen molar-refractivity contribution in [2.75, 3.05) is 20.3 Å². The lowest BCUT2D eigenvalue weighted by atomic mass is 10.1. The molecular weight excluding hydrogens is 288 g/mol. The summed E-state index contributed by atoms with van der Waals surface area (Å²) in [5.74, 6) is 0.